The third kappa shape index (κ3) is 4.68. The fraction of sp³-hybridized carbons (Fsp3) is 0.500. The van der Waals surface area contributed by atoms with Gasteiger partial charge in [0.1, 0.15) is 18.4 Å². The van der Waals surface area contributed by atoms with E-state index in [1.54, 1.807) is 26.6 Å². The molecule has 0 amide bonds. The van der Waals surface area contributed by atoms with E-state index in [4.69, 9.17) is 33.2 Å². The number of esters is 2. The lowest BCUT2D eigenvalue weighted by atomic mass is 9.71. The Labute approximate surface area is 277 Å². The first kappa shape index (κ1) is 31.6. The molecule has 6 atom stereocenters. The summed E-state index contributed by atoms with van der Waals surface area (Å²) in [6.07, 6.45) is 0.582. The number of carbonyl (C=O) groups excluding carboxylic acids is 2. The lowest BCUT2D eigenvalue weighted by Gasteiger charge is -2.61. The van der Waals surface area contributed by atoms with Gasteiger partial charge in [-0.3, -0.25) is 14.6 Å². The average Bonchev–Trinajstić information content (AvgIpc) is 3.53. The van der Waals surface area contributed by atoms with Crippen molar-refractivity contribution < 1.29 is 42.7 Å². The van der Waals surface area contributed by atoms with Crippen LogP contribution in [-0.4, -0.2) is 81.3 Å². The number of likely N-dealkylation sites (N-methyl/N-ethyl adjacent to an activating group) is 1. The number of methoxy groups -OCH3 is 2. The van der Waals surface area contributed by atoms with E-state index in [1.807, 2.05) is 20.9 Å². The molecular formula is C34H37N3O9S. The van der Waals surface area contributed by atoms with Crippen LogP contribution in [0.4, 0.5) is 0 Å². The number of aryl methyl sites for hydroxylation is 1. The summed E-state index contributed by atoms with van der Waals surface area (Å²) in [5, 5.41) is 12.3. The first-order valence-corrected chi connectivity index (χ1v) is 16.4. The van der Waals surface area contributed by atoms with Crippen LogP contribution >= 0.6 is 11.8 Å². The van der Waals surface area contributed by atoms with E-state index < -0.39 is 35.3 Å². The fourth-order valence-corrected chi connectivity index (χ4v) is 9.40. The van der Waals surface area contributed by atoms with Crippen molar-refractivity contribution in [1.82, 2.24) is 9.80 Å². The molecule has 0 spiro atoms. The van der Waals surface area contributed by atoms with Crippen molar-refractivity contribution in [2.45, 2.75) is 69.6 Å². The van der Waals surface area contributed by atoms with Gasteiger partial charge in [-0.2, -0.15) is 5.26 Å². The van der Waals surface area contributed by atoms with Crippen LogP contribution in [0, 0.1) is 25.2 Å². The summed E-state index contributed by atoms with van der Waals surface area (Å²) in [5.74, 6) is 1.68. The van der Waals surface area contributed by atoms with E-state index in [2.05, 4.69) is 21.9 Å². The largest absolute Gasteiger partial charge is 0.493 e. The normalized spacial score (nSPS) is 28.6. The van der Waals surface area contributed by atoms with Crippen LogP contribution in [0.2, 0.25) is 0 Å². The first-order valence-electron chi connectivity index (χ1n) is 15.5. The van der Waals surface area contributed by atoms with Gasteiger partial charge in [-0.25, -0.2) is 4.79 Å². The number of cyclic esters (lactones) is 1. The van der Waals surface area contributed by atoms with E-state index in [-0.39, 0.29) is 32.3 Å². The lowest BCUT2D eigenvalue weighted by molar-refractivity contribution is -0.144. The Kier molecular flexibility index (Phi) is 8.03. The molecule has 5 heterocycles. The number of piperazine rings is 1. The van der Waals surface area contributed by atoms with Crippen molar-refractivity contribution in [1.29, 1.82) is 5.26 Å². The molecule has 0 aromatic heterocycles. The van der Waals surface area contributed by atoms with Crippen LogP contribution in [-0.2, 0) is 25.5 Å². The summed E-state index contributed by atoms with van der Waals surface area (Å²) in [7, 11) is 5.24. The first-order chi connectivity index (χ1) is 22.6. The molecule has 5 aliphatic heterocycles. The minimum atomic E-state index is -0.618. The predicted molar refractivity (Wildman–Crippen MR) is 170 cm³/mol. The second-order valence-corrected chi connectivity index (χ2v) is 13.5. The summed E-state index contributed by atoms with van der Waals surface area (Å²) >= 11 is 1.44. The second-order valence-electron chi connectivity index (χ2n) is 12.5. The molecule has 1 saturated heterocycles. The van der Waals surface area contributed by atoms with Crippen LogP contribution in [0.1, 0.15) is 64.6 Å². The summed E-state index contributed by atoms with van der Waals surface area (Å²) < 4.78 is 41.7. The van der Waals surface area contributed by atoms with Gasteiger partial charge in [0.15, 0.2) is 29.8 Å². The number of nitrogens with zero attached hydrogens (tertiary/aromatic N) is 3. The molecule has 248 valence electrons. The molecule has 13 heteroatoms. The molecule has 2 aromatic carbocycles. The SMILES string of the molecule is COCOc1c(OC)c(C)cc2c1[C@H]1C3[C@@H]4S/C=C(/C)C(=O)OC[C@H](c5c6c(c(C)c(OC(C)=O)c54)OCO6)N3[C@@H](C#N)[C@H](C2)N1C. The molecule has 1 fully saturated rings. The van der Waals surface area contributed by atoms with Crippen molar-refractivity contribution in [3.63, 3.8) is 0 Å². The zero-order valence-electron chi connectivity index (χ0n) is 27.4. The monoisotopic (exact) mass is 663 g/mol. The van der Waals surface area contributed by atoms with E-state index in [0.717, 1.165) is 22.3 Å². The second kappa shape index (κ2) is 11.9. The Morgan fingerprint density at radius 2 is 1.85 bits per heavy atom. The number of hydrogen-bond donors (Lipinski definition) is 0. The zero-order valence-corrected chi connectivity index (χ0v) is 28.2. The highest BCUT2D eigenvalue weighted by Gasteiger charge is 2.60. The molecule has 2 aromatic rings. The number of fused-ring (bicyclic) bond motifs is 9. The van der Waals surface area contributed by atoms with Crippen molar-refractivity contribution >= 4 is 23.7 Å². The zero-order chi connectivity index (χ0) is 33.3. The maximum absolute atomic E-state index is 13.1. The van der Waals surface area contributed by atoms with Gasteiger partial charge >= 0.3 is 11.9 Å². The lowest BCUT2D eigenvalue weighted by Crippen LogP contribution is -2.69. The predicted octanol–water partition coefficient (Wildman–Crippen LogP) is 4.41. The molecule has 7 rings (SSSR count). The maximum Gasteiger partial charge on any atom is 0.334 e. The van der Waals surface area contributed by atoms with Gasteiger partial charge < -0.3 is 33.2 Å². The smallest absolute Gasteiger partial charge is 0.334 e. The van der Waals surface area contributed by atoms with Gasteiger partial charge in [-0.15, -0.1) is 11.8 Å². The Morgan fingerprint density at radius 1 is 1.09 bits per heavy atom. The Bertz CT molecular complexity index is 1750. The minimum Gasteiger partial charge on any atom is -0.493 e. The van der Waals surface area contributed by atoms with Gasteiger partial charge in [-0.05, 0) is 50.8 Å². The van der Waals surface area contributed by atoms with Crippen LogP contribution in [0.5, 0.6) is 28.7 Å². The van der Waals surface area contributed by atoms with E-state index in [1.165, 1.54) is 18.7 Å². The van der Waals surface area contributed by atoms with Crippen LogP contribution in [0.15, 0.2) is 17.0 Å². The number of thioether (sulfide) groups is 1. The number of carbonyl (C=O) groups is 2. The third-order valence-electron chi connectivity index (χ3n) is 9.94. The molecule has 4 bridgehead atoms. The van der Waals surface area contributed by atoms with Crippen molar-refractivity contribution in [2.75, 3.05) is 41.5 Å². The van der Waals surface area contributed by atoms with Crippen molar-refractivity contribution in [3.05, 3.63) is 50.4 Å². The molecule has 0 aliphatic carbocycles. The molecule has 0 N–H and O–H groups in total. The fourth-order valence-electron chi connectivity index (χ4n) is 8.13. The Hall–Kier alpha value is -3.96. The maximum atomic E-state index is 13.1. The van der Waals surface area contributed by atoms with E-state index in [0.29, 0.717) is 51.9 Å². The summed E-state index contributed by atoms with van der Waals surface area (Å²) in [5.41, 5.74) is 5.49. The van der Waals surface area contributed by atoms with Crippen LogP contribution in [0.3, 0.4) is 0 Å². The van der Waals surface area contributed by atoms with Gasteiger partial charge in [-0.1, -0.05) is 6.07 Å². The summed E-state index contributed by atoms with van der Waals surface area (Å²) in [6, 6.07) is 2.64. The molecule has 0 radical (unpaired) electrons. The van der Waals surface area contributed by atoms with Crippen LogP contribution in [0.25, 0.3) is 0 Å². The third-order valence-corrected chi connectivity index (χ3v) is 11.2. The summed E-state index contributed by atoms with van der Waals surface area (Å²) in [6.45, 7) is 6.88. The highest BCUT2D eigenvalue weighted by atomic mass is 32.2. The minimum absolute atomic E-state index is 0.0126. The highest BCUT2D eigenvalue weighted by molar-refractivity contribution is 8.02. The Morgan fingerprint density at radius 3 is 2.55 bits per heavy atom. The highest BCUT2D eigenvalue weighted by Crippen LogP contribution is 2.64. The molecule has 47 heavy (non-hydrogen) atoms. The Balaban J connectivity index is 1.57. The van der Waals surface area contributed by atoms with Crippen LogP contribution < -0.4 is 23.7 Å². The molecule has 1 unspecified atom stereocenters. The average molecular weight is 664 g/mol. The number of hydrogen-bond acceptors (Lipinski definition) is 13. The number of benzene rings is 2. The van der Waals surface area contributed by atoms with Gasteiger partial charge in [0.05, 0.1) is 30.5 Å². The van der Waals surface area contributed by atoms with Gasteiger partial charge in [0.25, 0.3) is 0 Å². The van der Waals surface area contributed by atoms with E-state index >= 15 is 0 Å². The molecule has 12 nitrogen and oxygen atoms in total. The number of nitriles is 1. The summed E-state index contributed by atoms with van der Waals surface area (Å²) in [4.78, 5) is 30.2. The molecular weight excluding hydrogens is 626 g/mol. The molecule has 0 saturated carbocycles. The van der Waals surface area contributed by atoms with Crippen molar-refractivity contribution in [3.8, 4) is 34.8 Å². The molecule has 5 aliphatic rings. The van der Waals surface area contributed by atoms with E-state index in [9.17, 15) is 14.9 Å². The van der Waals surface area contributed by atoms with Crippen molar-refractivity contribution in [2.24, 2.45) is 0 Å². The quantitative estimate of drug-likeness (QED) is 0.255. The number of ether oxygens (including phenoxy) is 7. The standard InChI is InChI=1S/C34H37N3O9S/c1-15-8-19-9-20-21(10-35)37-22-11-42-34(39)16(2)12-47-33(25-24(22)32-30(44-14-45-32)17(3)29(25)46-18(4)38)27(37)26(36(20)5)23(19)31(28(15)41-7)43-13-40-6/h8,12,20-22,26-27,33H,9,11,13-14H2,1-7H3/b16-12-/t20-,21-,22+,26-,27?,33+/m0/s1. The van der Waals surface area contributed by atoms with Gasteiger partial charge in [0.2, 0.25) is 6.79 Å². The number of rotatable bonds is 5. The topological polar surface area (TPSA) is 129 Å². The van der Waals surface area contributed by atoms with Gasteiger partial charge in [0, 0.05) is 53.9 Å².